The van der Waals surface area contributed by atoms with Gasteiger partial charge in [-0.05, 0) is 29.8 Å². The summed E-state index contributed by atoms with van der Waals surface area (Å²) in [5.74, 6) is -0.727. The molecule has 1 heterocycles. The summed E-state index contributed by atoms with van der Waals surface area (Å²) in [4.78, 5) is 26.3. The fraction of sp³-hybridized carbons (Fsp3) is 0.133. The lowest BCUT2D eigenvalue weighted by molar-refractivity contribution is 0.0689. The molecule has 1 aromatic heterocycles. The quantitative estimate of drug-likeness (QED) is 0.873. The van der Waals surface area contributed by atoms with Crippen molar-refractivity contribution in [2.45, 2.75) is 6.54 Å². The van der Waals surface area contributed by atoms with Gasteiger partial charge in [0.2, 0.25) is 0 Å². The molecule has 0 aliphatic rings. The smallest absolute Gasteiger partial charge is 0.354 e. The highest BCUT2D eigenvalue weighted by Gasteiger charge is 2.09. The van der Waals surface area contributed by atoms with Crippen molar-refractivity contribution in [3.8, 4) is 5.75 Å². The van der Waals surface area contributed by atoms with Crippen LogP contribution in [0.5, 0.6) is 5.75 Å². The lowest BCUT2D eigenvalue weighted by atomic mass is 10.2. The second kappa shape index (κ2) is 6.51. The van der Waals surface area contributed by atoms with Crippen molar-refractivity contribution in [1.29, 1.82) is 0 Å². The molecule has 6 nitrogen and oxygen atoms in total. The summed E-state index contributed by atoms with van der Waals surface area (Å²) in [6.07, 6.45) is 1.24. The number of carbonyl (C=O) groups is 2. The van der Waals surface area contributed by atoms with Crippen LogP contribution in [0.3, 0.4) is 0 Å². The molecule has 2 rings (SSSR count). The third-order valence-electron chi connectivity index (χ3n) is 2.83. The van der Waals surface area contributed by atoms with Crippen molar-refractivity contribution in [3.63, 3.8) is 0 Å². The van der Waals surface area contributed by atoms with Crippen LogP contribution in [-0.2, 0) is 6.54 Å². The summed E-state index contributed by atoms with van der Waals surface area (Å²) >= 11 is 0. The number of carboxylic acid groups (broad SMARTS) is 1. The summed E-state index contributed by atoms with van der Waals surface area (Å²) < 4.78 is 5.10. The molecule has 2 N–H and O–H groups in total. The Kier molecular flexibility index (Phi) is 4.50. The summed E-state index contributed by atoms with van der Waals surface area (Å²) in [6, 6.07) is 10.1. The van der Waals surface area contributed by atoms with Crippen LogP contribution in [0.4, 0.5) is 0 Å². The largest absolute Gasteiger partial charge is 0.497 e. The van der Waals surface area contributed by atoms with Crippen LogP contribution in [0, 0.1) is 0 Å². The highest BCUT2D eigenvalue weighted by Crippen LogP contribution is 2.12. The van der Waals surface area contributed by atoms with Gasteiger partial charge in [0, 0.05) is 12.7 Å². The molecule has 0 bridgehead atoms. The maximum atomic E-state index is 11.9. The van der Waals surface area contributed by atoms with E-state index in [0.717, 1.165) is 5.56 Å². The Morgan fingerprint density at radius 2 is 2.10 bits per heavy atom. The number of benzene rings is 1. The van der Waals surface area contributed by atoms with E-state index in [9.17, 15) is 9.59 Å². The van der Waals surface area contributed by atoms with E-state index < -0.39 is 5.97 Å². The first-order valence-corrected chi connectivity index (χ1v) is 6.20. The van der Waals surface area contributed by atoms with Gasteiger partial charge in [-0.25, -0.2) is 9.78 Å². The number of amides is 1. The van der Waals surface area contributed by atoms with Crippen LogP contribution in [-0.4, -0.2) is 29.1 Å². The number of hydrogen-bond donors (Lipinski definition) is 2. The summed E-state index contributed by atoms with van der Waals surface area (Å²) in [5.41, 5.74) is 1.11. The maximum Gasteiger partial charge on any atom is 0.354 e. The molecule has 0 atom stereocenters. The van der Waals surface area contributed by atoms with Crippen molar-refractivity contribution in [2.24, 2.45) is 0 Å². The number of carbonyl (C=O) groups excluding carboxylic acids is 1. The lowest BCUT2D eigenvalue weighted by Crippen LogP contribution is -2.23. The predicted molar refractivity (Wildman–Crippen MR) is 75.4 cm³/mol. The van der Waals surface area contributed by atoms with Crippen LogP contribution in [0.25, 0.3) is 0 Å². The summed E-state index contributed by atoms with van der Waals surface area (Å²) in [5, 5.41) is 11.5. The average Bonchev–Trinajstić information content (AvgIpc) is 2.53. The molecule has 108 valence electrons. The zero-order valence-corrected chi connectivity index (χ0v) is 11.4. The number of aromatic nitrogens is 1. The molecule has 21 heavy (non-hydrogen) atoms. The molecule has 0 fully saturated rings. The Labute approximate surface area is 121 Å². The molecule has 2 aromatic rings. The molecule has 0 saturated heterocycles. The molecule has 0 radical (unpaired) electrons. The topological polar surface area (TPSA) is 88.5 Å². The van der Waals surface area contributed by atoms with Gasteiger partial charge in [0.1, 0.15) is 11.4 Å². The molecule has 0 aliphatic heterocycles. The highest BCUT2D eigenvalue weighted by molar-refractivity contribution is 5.94. The van der Waals surface area contributed by atoms with E-state index in [1.54, 1.807) is 7.11 Å². The molecule has 6 heteroatoms. The molecule has 0 spiro atoms. The van der Waals surface area contributed by atoms with E-state index in [1.165, 1.54) is 18.3 Å². The molecular weight excluding hydrogens is 272 g/mol. The van der Waals surface area contributed by atoms with Crippen LogP contribution in [0.1, 0.15) is 26.4 Å². The van der Waals surface area contributed by atoms with Crippen LogP contribution in [0.15, 0.2) is 42.6 Å². The Hall–Kier alpha value is -2.89. The van der Waals surface area contributed by atoms with Crippen molar-refractivity contribution in [3.05, 3.63) is 59.4 Å². The first-order chi connectivity index (χ1) is 10.1. The number of nitrogens with one attached hydrogen (secondary N) is 1. The van der Waals surface area contributed by atoms with Crippen molar-refractivity contribution < 1.29 is 19.4 Å². The minimum absolute atomic E-state index is 0.0978. The van der Waals surface area contributed by atoms with E-state index in [0.29, 0.717) is 17.9 Å². The number of ether oxygens (including phenoxy) is 1. The van der Waals surface area contributed by atoms with E-state index in [2.05, 4.69) is 10.3 Å². The van der Waals surface area contributed by atoms with E-state index in [4.69, 9.17) is 9.84 Å². The first-order valence-electron chi connectivity index (χ1n) is 6.20. The summed E-state index contributed by atoms with van der Waals surface area (Å²) in [7, 11) is 1.58. The third kappa shape index (κ3) is 3.79. The van der Waals surface area contributed by atoms with Gasteiger partial charge in [0.25, 0.3) is 5.91 Å². The van der Waals surface area contributed by atoms with Crippen LogP contribution >= 0.6 is 0 Å². The average molecular weight is 286 g/mol. The second-order valence-corrected chi connectivity index (χ2v) is 4.27. The first kappa shape index (κ1) is 14.5. The Bertz CT molecular complexity index is 653. The molecule has 0 saturated carbocycles. The number of methoxy groups -OCH3 is 1. The Morgan fingerprint density at radius 1 is 1.29 bits per heavy atom. The van der Waals surface area contributed by atoms with Crippen molar-refractivity contribution in [2.75, 3.05) is 7.11 Å². The van der Waals surface area contributed by atoms with Gasteiger partial charge in [-0.1, -0.05) is 12.1 Å². The monoisotopic (exact) mass is 286 g/mol. The maximum absolute atomic E-state index is 11.9. The Balaban J connectivity index is 1.99. The van der Waals surface area contributed by atoms with Crippen LogP contribution in [0.2, 0.25) is 0 Å². The van der Waals surface area contributed by atoms with Gasteiger partial charge in [-0.3, -0.25) is 4.79 Å². The number of nitrogens with zero attached hydrogens (tertiary/aromatic N) is 1. The van der Waals surface area contributed by atoms with Crippen molar-refractivity contribution >= 4 is 11.9 Å². The number of carboxylic acids is 1. The third-order valence-corrected chi connectivity index (χ3v) is 2.83. The minimum atomic E-state index is -1.13. The fourth-order valence-corrected chi connectivity index (χ4v) is 1.72. The van der Waals surface area contributed by atoms with Gasteiger partial charge < -0.3 is 15.2 Å². The highest BCUT2D eigenvalue weighted by atomic mass is 16.5. The van der Waals surface area contributed by atoms with Gasteiger partial charge in [-0.2, -0.15) is 0 Å². The molecular formula is C15H14N2O4. The van der Waals surface area contributed by atoms with Gasteiger partial charge >= 0.3 is 5.97 Å². The normalized spacial score (nSPS) is 9.95. The van der Waals surface area contributed by atoms with Crippen molar-refractivity contribution in [1.82, 2.24) is 10.3 Å². The van der Waals surface area contributed by atoms with Gasteiger partial charge in [0.05, 0.1) is 12.7 Å². The number of hydrogen-bond acceptors (Lipinski definition) is 4. The zero-order valence-electron chi connectivity index (χ0n) is 11.4. The number of rotatable bonds is 5. The van der Waals surface area contributed by atoms with E-state index >= 15 is 0 Å². The fourth-order valence-electron chi connectivity index (χ4n) is 1.72. The Morgan fingerprint density at radius 3 is 2.71 bits per heavy atom. The zero-order chi connectivity index (χ0) is 15.2. The van der Waals surface area contributed by atoms with Gasteiger partial charge in [-0.15, -0.1) is 0 Å². The molecule has 1 amide bonds. The van der Waals surface area contributed by atoms with E-state index in [-0.39, 0.29) is 11.6 Å². The minimum Gasteiger partial charge on any atom is -0.497 e. The number of aromatic carboxylic acids is 1. The lowest BCUT2D eigenvalue weighted by Gasteiger charge is -2.07. The van der Waals surface area contributed by atoms with E-state index in [1.807, 2.05) is 24.3 Å². The summed E-state index contributed by atoms with van der Waals surface area (Å²) in [6.45, 7) is 0.344. The second-order valence-electron chi connectivity index (χ2n) is 4.27. The standard InChI is InChI=1S/C15H14N2O4/c1-21-12-4-2-3-10(7-12)8-17-14(18)11-5-6-13(15(19)20)16-9-11/h2-7,9H,8H2,1H3,(H,17,18)(H,19,20). The SMILES string of the molecule is COc1cccc(CNC(=O)c2ccc(C(=O)O)nc2)c1. The molecule has 0 aliphatic carbocycles. The molecule has 1 aromatic carbocycles. The predicted octanol–water partition coefficient (Wildman–Crippen LogP) is 1.72. The molecule has 0 unspecified atom stereocenters. The van der Waals surface area contributed by atoms with Crippen LogP contribution < -0.4 is 10.1 Å². The number of pyridine rings is 1. The van der Waals surface area contributed by atoms with Gasteiger partial charge in [0.15, 0.2) is 0 Å².